The van der Waals surface area contributed by atoms with Crippen molar-refractivity contribution in [3.8, 4) is 11.5 Å². The molecule has 1 unspecified atom stereocenters. The number of rotatable bonds is 4. The van der Waals surface area contributed by atoms with E-state index in [-0.39, 0.29) is 12.1 Å². The minimum absolute atomic E-state index is 0.0300. The second-order valence-electron chi connectivity index (χ2n) is 5.37. The van der Waals surface area contributed by atoms with Crippen molar-refractivity contribution in [1.82, 2.24) is 10.6 Å². The van der Waals surface area contributed by atoms with Crippen molar-refractivity contribution in [3.05, 3.63) is 59.7 Å². The Bertz CT molecular complexity index is 687. The lowest BCUT2D eigenvalue weighted by Gasteiger charge is -2.26. The van der Waals surface area contributed by atoms with Gasteiger partial charge in [-0.3, -0.25) is 0 Å². The van der Waals surface area contributed by atoms with E-state index in [9.17, 15) is 4.79 Å². The van der Waals surface area contributed by atoms with Gasteiger partial charge in [-0.15, -0.1) is 0 Å². The summed E-state index contributed by atoms with van der Waals surface area (Å²) < 4.78 is 10.9. The van der Waals surface area contributed by atoms with Crippen LogP contribution in [0.4, 0.5) is 4.79 Å². The molecule has 0 aromatic heterocycles. The van der Waals surface area contributed by atoms with E-state index in [4.69, 9.17) is 9.47 Å². The third-order valence-corrected chi connectivity index (χ3v) is 3.90. The monoisotopic (exact) mass is 312 g/mol. The molecule has 120 valence electrons. The van der Waals surface area contributed by atoms with Crippen molar-refractivity contribution in [2.75, 3.05) is 13.7 Å². The highest BCUT2D eigenvalue weighted by atomic mass is 16.5. The van der Waals surface area contributed by atoms with Gasteiger partial charge in [0.1, 0.15) is 11.5 Å². The van der Waals surface area contributed by atoms with E-state index in [1.165, 1.54) is 0 Å². The van der Waals surface area contributed by atoms with Crippen LogP contribution in [0.15, 0.2) is 48.5 Å². The fraction of sp³-hybridized carbons (Fsp3) is 0.278. The van der Waals surface area contributed by atoms with Gasteiger partial charge in [0.25, 0.3) is 0 Å². The number of amides is 2. The zero-order valence-corrected chi connectivity index (χ0v) is 13.0. The minimum atomic E-state index is -0.197. The topological polar surface area (TPSA) is 59.6 Å². The average Bonchev–Trinajstić information content (AvgIpc) is 2.60. The first-order valence-electron chi connectivity index (χ1n) is 7.66. The lowest BCUT2D eigenvalue weighted by molar-refractivity contribution is 0.223. The van der Waals surface area contributed by atoms with Gasteiger partial charge in [-0.2, -0.15) is 0 Å². The predicted molar refractivity (Wildman–Crippen MR) is 87.7 cm³/mol. The van der Waals surface area contributed by atoms with Crippen molar-refractivity contribution >= 4 is 6.03 Å². The van der Waals surface area contributed by atoms with Gasteiger partial charge in [0.05, 0.1) is 19.8 Å². The van der Waals surface area contributed by atoms with Crippen molar-refractivity contribution in [2.45, 2.75) is 19.0 Å². The van der Waals surface area contributed by atoms with Gasteiger partial charge in [-0.05, 0) is 12.1 Å². The van der Waals surface area contributed by atoms with Crippen LogP contribution in [0.3, 0.4) is 0 Å². The molecule has 0 saturated carbocycles. The number of ether oxygens (including phenoxy) is 2. The Hall–Kier alpha value is -2.69. The fourth-order valence-corrected chi connectivity index (χ4v) is 2.73. The van der Waals surface area contributed by atoms with Crippen molar-refractivity contribution < 1.29 is 14.3 Å². The highest BCUT2D eigenvalue weighted by Gasteiger charge is 2.22. The number of nitrogens with one attached hydrogen (secondary N) is 2. The molecule has 2 amide bonds. The van der Waals surface area contributed by atoms with Gasteiger partial charge in [0.15, 0.2) is 0 Å². The number of carbonyl (C=O) groups is 1. The summed E-state index contributed by atoms with van der Waals surface area (Å²) in [5.41, 5.74) is 1.96. The van der Waals surface area contributed by atoms with Gasteiger partial charge in [0, 0.05) is 24.1 Å². The molecule has 0 fully saturated rings. The molecule has 1 atom stereocenters. The molecular weight excluding hydrogens is 292 g/mol. The van der Waals surface area contributed by atoms with Crippen molar-refractivity contribution in [1.29, 1.82) is 0 Å². The molecule has 1 aliphatic rings. The summed E-state index contributed by atoms with van der Waals surface area (Å²) >= 11 is 0. The van der Waals surface area contributed by atoms with E-state index in [2.05, 4.69) is 10.6 Å². The number of methoxy groups -OCH3 is 1. The van der Waals surface area contributed by atoms with Crippen LogP contribution in [-0.4, -0.2) is 19.7 Å². The highest BCUT2D eigenvalue weighted by Crippen LogP contribution is 2.31. The summed E-state index contributed by atoms with van der Waals surface area (Å²) in [5.74, 6) is 1.61. The van der Waals surface area contributed by atoms with E-state index in [0.717, 1.165) is 29.0 Å². The van der Waals surface area contributed by atoms with Gasteiger partial charge in [-0.25, -0.2) is 4.79 Å². The highest BCUT2D eigenvalue weighted by molar-refractivity contribution is 5.74. The SMILES string of the molecule is COc1ccccc1CNC(=O)NC1CCOc2ccccc21. The second kappa shape index (κ2) is 7.05. The van der Waals surface area contributed by atoms with Crippen molar-refractivity contribution in [3.63, 3.8) is 0 Å². The Morgan fingerprint density at radius 1 is 1.22 bits per heavy atom. The third kappa shape index (κ3) is 3.56. The standard InChI is InChI=1S/C18H20N2O3/c1-22-16-8-4-2-6-13(16)12-19-18(21)20-15-10-11-23-17-9-5-3-7-14(15)17/h2-9,15H,10-12H2,1H3,(H2,19,20,21). The molecule has 2 N–H and O–H groups in total. The number of hydrogen-bond donors (Lipinski definition) is 2. The average molecular weight is 312 g/mol. The quantitative estimate of drug-likeness (QED) is 0.912. The summed E-state index contributed by atoms with van der Waals surface area (Å²) in [7, 11) is 1.62. The Kier molecular flexibility index (Phi) is 4.66. The zero-order chi connectivity index (χ0) is 16.1. The molecule has 0 aliphatic carbocycles. The van der Waals surface area contributed by atoms with Crippen LogP contribution in [0.1, 0.15) is 23.6 Å². The second-order valence-corrected chi connectivity index (χ2v) is 5.37. The molecule has 23 heavy (non-hydrogen) atoms. The molecule has 2 aromatic carbocycles. The molecule has 5 heteroatoms. The smallest absolute Gasteiger partial charge is 0.315 e. The van der Waals surface area contributed by atoms with Crippen LogP contribution in [0.25, 0.3) is 0 Å². The van der Waals surface area contributed by atoms with Gasteiger partial charge in [0.2, 0.25) is 0 Å². The van der Waals surface area contributed by atoms with E-state index >= 15 is 0 Å². The third-order valence-electron chi connectivity index (χ3n) is 3.90. The summed E-state index contributed by atoms with van der Waals surface area (Å²) in [4.78, 5) is 12.2. The first-order valence-corrected chi connectivity index (χ1v) is 7.66. The van der Waals surface area contributed by atoms with Crippen LogP contribution < -0.4 is 20.1 Å². The number of fused-ring (bicyclic) bond motifs is 1. The van der Waals surface area contributed by atoms with Crippen LogP contribution in [0.2, 0.25) is 0 Å². The Morgan fingerprint density at radius 3 is 2.87 bits per heavy atom. The summed E-state index contributed by atoms with van der Waals surface area (Å²) in [5, 5.41) is 5.89. The minimum Gasteiger partial charge on any atom is -0.496 e. The van der Waals surface area contributed by atoms with Gasteiger partial charge >= 0.3 is 6.03 Å². The Labute approximate surface area is 135 Å². The maximum Gasteiger partial charge on any atom is 0.315 e. The van der Waals surface area contributed by atoms with Crippen LogP contribution >= 0.6 is 0 Å². The molecule has 0 radical (unpaired) electrons. The van der Waals surface area contributed by atoms with Crippen LogP contribution in [-0.2, 0) is 6.54 Å². The van der Waals surface area contributed by atoms with E-state index < -0.39 is 0 Å². The molecule has 5 nitrogen and oxygen atoms in total. The van der Waals surface area contributed by atoms with E-state index in [0.29, 0.717) is 13.2 Å². The summed E-state index contributed by atoms with van der Waals surface area (Å²) in [6, 6.07) is 15.2. The first-order chi connectivity index (χ1) is 11.3. The molecule has 1 heterocycles. The van der Waals surface area contributed by atoms with Crippen LogP contribution in [0.5, 0.6) is 11.5 Å². The molecule has 0 bridgehead atoms. The molecule has 1 aliphatic heterocycles. The first kappa shape index (κ1) is 15.2. The summed E-state index contributed by atoms with van der Waals surface area (Å²) in [6.45, 7) is 1.02. The van der Waals surface area contributed by atoms with Crippen molar-refractivity contribution in [2.24, 2.45) is 0 Å². The Morgan fingerprint density at radius 2 is 2.00 bits per heavy atom. The lowest BCUT2D eigenvalue weighted by atomic mass is 10.0. The summed E-state index contributed by atoms with van der Waals surface area (Å²) in [6.07, 6.45) is 0.763. The normalized spacial score (nSPS) is 16.0. The Balaban J connectivity index is 1.60. The van der Waals surface area contributed by atoms with E-state index in [1.807, 2.05) is 48.5 Å². The molecule has 3 rings (SSSR count). The molecular formula is C18H20N2O3. The van der Waals surface area contributed by atoms with Crippen LogP contribution in [0, 0.1) is 0 Å². The number of carbonyl (C=O) groups excluding carboxylic acids is 1. The number of urea groups is 1. The number of para-hydroxylation sites is 2. The molecule has 0 spiro atoms. The predicted octanol–water partition coefficient (Wildman–Crippen LogP) is 3.02. The lowest BCUT2D eigenvalue weighted by Crippen LogP contribution is -2.39. The number of hydrogen-bond acceptors (Lipinski definition) is 3. The largest absolute Gasteiger partial charge is 0.496 e. The zero-order valence-electron chi connectivity index (χ0n) is 13.0. The maximum atomic E-state index is 12.2. The van der Waals surface area contributed by atoms with E-state index in [1.54, 1.807) is 7.11 Å². The van der Waals surface area contributed by atoms with Gasteiger partial charge < -0.3 is 20.1 Å². The van der Waals surface area contributed by atoms with Gasteiger partial charge in [-0.1, -0.05) is 36.4 Å². The molecule has 0 saturated heterocycles. The molecule has 2 aromatic rings. The number of benzene rings is 2. The fourth-order valence-electron chi connectivity index (χ4n) is 2.73. The maximum absolute atomic E-state index is 12.2.